The van der Waals surface area contributed by atoms with E-state index in [1.807, 2.05) is 6.07 Å². The van der Waals surface area contributed by atoms with E-state index in [0.717, 1.165) is 25.1 Å². The van der Waals surface area contributed by atoms with E-state index < -0.39 is 5.97 Å². The fraction of sp³-hybridized carbons (Fsp3) is 0.545. The molecule has 0 saturated carbocycles. The topological polar surface area (TPSA) is 66.3 Å². The molecule has 2 aliphatic heterocycles. The van der Waals surface area contributed by atoms with Gasteiger partial charge in [-0.1, -0.05) is 0 Å². The Morgan fingerprint density at radius 2 is 2.38 bits per heavy atom. The summed E-state index contributed by atoms with van der Waals surface area (Å²) in [5.74, 6) is -0.0359. The molecule has 1 aromatic rings. The zero-order chi connectivity index (χ0) is 11.1. The van der Waals surface area contributed by atoms with Gasteiger partial charge >= 0.3 is 5.97 Å². The molecule has 84 valence electrons. The van der Waals surface area contributed by atoms with Gasteiger partial charge in [0.25, 0.3) is 0 Å². The fourth-order valence-corrected chi connectivity index (χ4v) is 3.05. The normalized spacial score (nSPS) is 32.0. The maximum atomic E-state index is 11.1. The van der Waals surface area contributed by atoms with Crippen LogP contribution >= 0.6 is 0 Å². The maximum Gasteiger partial charge on any atom is 0.308 e. The van der Waals surface area contributed by atoms with E-state index >= 15 is 0 Å². The number of nitrogens with zero attached hydrogens (tertiary/aromatic N) is 3. The largest absolute Gasteiger partial charge is 0.481 e. The molecular weight excluding hydrogens is 206 g/mol. The average Bonchev–Trinajstić information content (AvgIpc) is 2.87. The number of hydrogen-bond acceptors (Lipinski definition) is 4. The van der Waals surface area contributed by atoms with E-state index in [1.54, 1.807) is 6.20 Å². The van der Waals surface area contributed by atoms with Crippen molar-refractivity contribution in [2.45, 2.75) is 31.3 Å². The second kappa shape index (κ2) is 3.43. The Hall–Kier alpha value is -1.65. The van der Waals surface area contributed by atoms with Crippen LogP contribution in [0.25, 0.3) is 0 Å². The highest BCUT2D eigenvalue weighted by atomic mass is 16.4. The number of aliphatic carboxylic acids is 1. The van der Waals surface area contributed by atoms with Crippen molar-refractivity contribution < 1.29 is 9.90 Å². The second-order valence-electron chi connectivity index (χ2n) is 4.45. The van der Waals surface area contributed by atoms with Gasteiger partial charge in [0.05, 0.1) is 5.92 Å². The van der Waals surface area contributed by atoms with Crippen molar-refractivity contribution in [1.82, 2.24) is 9.97 Å². The molecule has 3 rings (SSSR count). The van der Waals surface area contributed by atoms with Crippen LogP contribution < -0.4 is 4.90 Å². The third kappa shape index (κ3) is 1.27. The molecule has 3 unspecified atom stereocenters. The van der Waals surface area contributed by atoms with E-state index in [1.165, 1.54) is 6.33 Å². The van der Waals surface area contributed by atoms with Gasteiger partial charge in [-0.15, -0.1) is 0 Å². The minimum atomic E-state index is -0.675. The number of hydrogen-bond donors (Lipinski definition) is 1. The lowest BCUT2D eigenvalue weighted by atomic mass is 9.89. The van der Waals surface area contributed by atoms with Gasteiger partial charge in [-0.2, -0.15) is 0 Å². The Morgan fingerprint density at radius 1 is 1.50 bits per heavy atom. The van der Waals surface area contributed by atoms with E-state index in [-0.39, 0.29) is 12.0 Å². The minimum absolute atomic E-state index is 0.123. The van der Waals surface area contributed by atoms with Crippen LogP contribution in [-0.4, -0.2) is 33.1 Å². The van der Waals surface area contributed by atoms with Crippen LogP contribution in [0.2, 0.25) is 0 Å². The SMILES string of the molecule is O=C(O)C1CC2CCC1N2c1ccncn1. The van der Waals surface area contributed by atoms with Crippen molar-refractivity contribution in [2.75, 3.05) is 4.90 Å². The van der Waals surface area contributed by atoms with Crippen LogP contribution in [-0.2, 0) is 4.79 Å². The summed E-state index contributed by atoms with van der Waals surface area (Å²) in [5.41, 5.74) is 0. The predicted octanol–water partition coefficient (Wildman–Crippen LogP) is 0.919. The zero-order valence-electron chi connectivity index (χ0n) is 8.78. The number of carboxylic acids is 1. The van der Waals surface area contributed by atoms with Crippen molar-refractivity contribution in [1.29, 1.82) is 0 Å². The fourth-order valence-electron chi connectivity index (χ4n) is 3.05. The van der Waals surface area contributed by atoms with E-state index in [2.05, 4.69) is 14.9 Å². The summed E-state index contributed by atoms with van der Waals surface area (Å²) < 4.78 is 0. The third-order valence-corrected chi connectivity index (χ3v) is 3.68. The highest BCUT2D eigenvalue weighted by Crippen LogP contribution is 2.43. The van der Waals surface area contributed by atoms with Crippen LogP contribution in [0.3, 0.4) is 0 Å². The first-order valence-electron chi connectivity index (χ1n) is 5.54. The minimum Gasteiger partial charge on any atom is -0.481 e. The molecule has 3 heterocycles. The van der Waals surface area contributed by atoms with Crippen LogP contribution in [0.4, 0.5) is 5.82 Å². The summed E-state index contributed by atoms with van der Waals surface area (Å²) in [6.07, 6.45) is 6.02. The summed E-state index contributed by atoms with van der Waals surface area (Å²) in [4.78, 5) is 21.4. The van der Waals surface area contributed by atoms with Gasteiger partial charge < -0.3 is 10.0 Å². The van der Waals surface area contributed by atoms with Gasteiger partial charge in [0, 0.05) is 18.3 Å². The monoisotopic (exact) mass is 219 g/mol. The summed E-state index contributed by atoms with van der Waals surface area (Å²) in [7, 11) is 0. The average molecular weight is 219 g/mol. The Balaban J connectivity index is 1.91. The Labute approximate surface area is 93.1 Å². The number of aromatic nitrogens is 2. The summed E-state index contributed by atoms with van der Waals surface area (Å²) in [6.45, 7) is 0. The highest BCUT2D eigenvalue weighted by molar-refractivity contribution is 5.73. The molecule has 5 heteroatoms. The molecule has 0 spiro atoms. The highest BCUT2D eigenvalue weighted by Gasteiger charge is 2.49. The van der Waals surface area contributed by atoms with Gasteiger partial charge in [0.1, 0.15) is 12.1 Å². The smallest absolute Gasteiger partial charge is 0.308 e. The second-order valence-corrected chi connectivity index (χ2v) is 4.45. The Kier molecular flexibility index (Phi) is 2.05. The number of rotatable bonds is 2. The molecule has 0 amide bonds. The van der Waals surface area contributed by atoms with Crippen LogP contribution in [0.5, 0.6) is 0 Å². The van der Waals surface area contributed by atoms with Gasteiger partial charge in [-0.3, -0.25) is 4.79 Å². The number of carbonyl (C=O) groups is 1. The van der Waals surface area contributed by atoms with Crippen LogP contribution in [0.15, 0.2) is 18.6 Å². The van der Waals surface area contributed by atoms with Crippen LogP contribution in [0, 0.1) is 5.92 Å². The first kappa shape index (κ1) is 9.57. The molecule has 0 aliphatic carbocycles. The van der Waals surface area contributed by atoms with Crippen molar-refractivity contribution in [3.8, 4) is 0 Å². The molecule has 0 radical (unpaired) electrons. The van der Waals surface area contributed by atoms with Crippen molar-refractivity contribution in [3.05, 3.63) is 18.6 Å². The van der Waals surface area contributed by atoms with Gasteiger partial charge in [-0.25, -0.2) is 9.97 Å². The first-order valence-corrected chi connectivity index (χ1v) is 5.54. The van der Waals surface area contributed by atoms with Gasteiger partial charge in [0.2, 0.25) is 0 Å². The lowest BCUT2D eigenvalue weighted by Crippen LogP contribution is -2.33. The van der Waals surface area contributed by atoms with Gasteiger partial charge in [-0.05, 0) is 25.3 Å². The van der Waals surface area contributed by atoms with Crippen molar-refractivity contribution >= 4 is 11.8 Å². The molecule has 16 heavy (non-hydrogen) atoms. The van der Waals surface area contributed by atoms with Crippen LogP contribution in [0.1, 0.15) is 19.3 Å². The lowest BCUT2D eigenvalue weighted by Gasteiger charge is -2.23. The molecule has 1 aromatic heterocycles. The maximum absolute atomic E-state index is 11.1. The van der Waals surface area contributed by atoms with E-state index in [9.17, 15) is 4.79 Å². The Morgan fingerprint density at radius 3 is 3.00 bits per heavy atom. The van der Waals surface area contributed by atoms with Crippen molar-refractivity contribution in [2.24, 2.45) is 5.92 Å². The first-order chi connectivity index (χ1) is 7.77. The number of anilines is 1. The lowest BCUT2D eigenvalue weighted by molar-refractivity contribution is -0.142. The molecule has 2 bridgehead atoms. The molecule has 2 aliphatic rings. The van der Waals surface area contributed by atoms with E-state index in [4.69, 9.17) is 5.11 Å². The number of fused-ring (bicyclic) bond motifs is 2. The molecule has 5 nitrogen and oxygen atoms in total. The standard InChI is InChI=1S/C11H13N3O2/c15-11(16)8-5-7-1-2-9(8)14(7)10-3-4-12-6-13-10/h3-4,6-9H,1-2,5H2,(H,15,16). The summed E-state index contributed by atoms with van der Waals surface area (Å²) >= 11 is 0. The molecular formula is C11H13N3O2. The molecule has 0 aromatic carbocycles. The van der Waals surface area contributed by atoms with Gasteiger partial charge in [0.15, 0.2) is 0 Å². The Bertz CT molecular complexity index is 409. The zero-order valence-corrected chi connectivity index (χ0v) is 8.78. The quantitative estimate of drug-likeness (QED) is 0.801. The summed E-state index contributed by atoms with van der Waals surface area (Å²) in [5, 5.41) is 9.14. The molecule has 2 saturated heterocycles. The molecule has 2 fully saturated rings. The molecule has 1 N–H and O–H groups in total. The number of carboxylic acid groups (broad SMARTS) is 1. The van der Waals surface area contributed by atoms with Crippen molar-refractivity contribution in [3.63, 3.8) is 0 Å². The van der Waals surface area contributed by atoms with E-state index in [0.29, 0.717) is 6.04 Å². The molecule has 3 atom stereocenters. The predicted molar refractivity (Wildman–Crippen MR) is 57.1 cm³/mol. The summed E-state index contributed by atoms with van der Waals surface area (Å²) in [6, 6.07) is 2.33. The third-order valence-electron chi connectivity index (χ3n) is 3.68.